The predicted molar refractivity (Wildman–Crippen MR) is 123 cm³/mol. The maximum atomic E-state index is 12.4. The molecule has 3 aromatic rings. The number of rotatable bonds is 4. The van der Waals surface area contributed by atoms with E-state index in [1.54, 1.807) is 17.7 Å². The summed E-state index contributed by atoms with van der Waals surface area (Å²) in [5, 5.41) is 4.59. The molecule has 2 heterocycles. The van der Waals surface area contributed by atoms with Crippen LogP contribution in [0.15, 0.2) is 30.6 Å². The van der Waals surface area contributed by atoms with Crippen LogP contribution in [0.4, 0.5) is 11.5 Å². The van der Waals surface area contributed by atoms with E-state index in [2.05, 4.69) is 15.3 Å². The van der Waals surface area contributed by atoms with Crippen molar-refractivity contribution in [3.05, 3.63) is 46.6 Å². The summed E-state index contributed by atoms with van der Waals surface area (Å²) in [5.41, 5.74) is 2.92. The first-order valence-corrected chi connectivity index (χ1v) is 11.4. The molecule has 1 saturated carbocycles. The Bertz CT molecular complexity index is 1030. The summed E-state index contributed by atoms with van der Waals surface area (Å²) in [5.74, 6) is 0.631. The van der Waals surface area contributed by atoms with Crippen LogP contribution in [0.5, 0.6) is 0 Å². The second-order valence-electron chi connectivity index (χ2n) is 7.98. The van der Waals surface area contributed by atoms with E-state index >= 15 is 0 Å². The molecule has 1 aromatic carbocycles. The highest BCUT2D eigenvalue weighted by atomic mass is 35.5. The van der Waals surface area contributed by atoms with Crippen molar-refractivity contribution < 1.29 is 9.53 Å². The third-order valence-corrected chi connectivity index (χ3v) is 7.16. The van der Waals surface area contributed by atoms with Crippen molar-refractivity contribution in [1.82, 2.24) is 9.97 Å². The molecule has 158 valence electrons. The van der Waals surface area contributed by atoms with E-state index in [0.717, 1.165) is 60.2 Å². The number of nitrogens with zero attached hydrogens (tertiary/aromatic N) is 2. The topological polar surface area (TPSA) is 64.1 Å². The molecule has 2 aliphatic rings. The lowest BCUT2D eigenvalue weighted by Gasteiger charge is -2.21. The van der Waals surface area contributed by atoms with Gasteiger partial charge in [0.15, 0.2) is 0 Å². The molecule has 0 unspecified atom stereocenters. The average Bonchev–Trinajstić information content (AvgIpc) is 3.14. The van der Waals surface area contributed by atoms with Crippen LogP contribution in [0.3, 0.4) is 0 Å². The van der Waals surface area contributed by atoms with Crippen LogP contribution in [-0.2, 0) is 17.6 Å². The van der Waals surface area contributed by atoms with Gasteiger partial charge in [0, 0.05) is 10.6 Å². The Hall–Kier alpha value is -2.18. The SMILES string of the molecule is Cl.O=C(OC1CCCCC1)c1ccc(Nc2ncnc3sc4c(c23)CCCC4)cc1. The third-order valence-electron chi connectivity index (χ3n) is 5.96. The lowest BCUT2D eigenvalue weighted by molar-refractivity contribution is 0.0211. The summed E-state index contributed by atoms with van der Waals surface area (Å²) in [7, 11) is 0. The molecule has 1 fully saturated rings. The van der Waals surface area contributed by atoms with Gasteiger partial charge < -0.3 is 10.1 Å². The first kappa shape index (κ1) is 21.1. The number of aryl methyl sites for hydroxylation is 2. The van der Waals surface area contributed by atoms with Crippen molar-refractivity contribution in [2.45, 2.75) is 63.9 Å². The molecule has 5 nitrogen and oxygen atoms in total. The van der Waals surface area contributed by atoms with Gasteiger partial charge in [0.25, 0.3) is 0 Å². The summed E-state index contributed by atoms with van der Waals surface area (Å²) >= 11 is 1.79. The van der Waals surface area contributed by atoms with Gasteiger partial charge in [0.1, 0.15) is 23.1 Å². The molecular formula is C23H26ClN3O2S. The normalized spacial score (nSPS) is 16.5. The van der Waals surface area contributed by atoms with Crippen molar-refractivity contribution in [2.24, 2.45) is 0 Å². The van der Waals surface area contributed by atoms with Gasteiger partial charge in [-0.15, -0.1) is 23.7 Å². The van der Waals surface area contributed by atoms with Crippen LogP contribution < -0.4 is 5.32 Å². The number of carbonyl (C=O) groups excluding carboxylic acids is 1. The molecule has 0 atom stereocenters. The first-order chi connectivity index (χ1) is 14.3. The van der Waals surface area contributed by atoms with E-state index in [-0.39, 0.29) is 24.5 Å². The van der Waals surface area contributed by atoms with Gasteiger partial charge >= 0.3 is 5.97 Å². The fourth-order valence-electron chi connectivity index (χ4n) is 4.41. The second-order valence-corrected chi connectivity index (χ2v) is 9.06. The van der Waals surface area contributed by atoms with Crippen LogP contribution >= 0.6 is 23.7 Å². The predicted octanol–water partition coefficient (Wildman–Crippen LogP) is 6.23. The fourth-order valence-corrected chi connectivity index (χ4v) is 5.64. The number of hydrogen-bond acceptors (Lipinski definition) is 6. The Morgan fingerprint density at radius 1 is 1.00 bits per heavy atom. The number of carbonyl (C=O) groups is 1. The summed E-state index contributed by atoms with van der Waals surface area (Å²) in [6, 6.07) is 7.50. The van der Waals surface area contributed by atoms with Crippen LogP contribution in [0.2, 0.25) is 0 Å². The molecule has 1 N–H and O–H groups in total. The zero-order chi connectivity index (χ0) is 19.6. The molecule has 0 bridgehead atoms. The van der Waals surface area contributed by atoms with Gasteiger partial charge in [-0.3, -0.25) is 0 Å². The minimum atomic E-state index is -0.222. The zero-order valence-electron chi connectivity index (χ0n) is 16.9. The second kappa shape index (κ2) is 9.31. The summed E-state index contributed by atoms with van der Waals surface area (Å²) in [6.07, 6.45) is 12.0. The van der Waals surface area contributed by atoms with Gasteiger partial charge in [0.2, 0.25) is 0 Å². The van der Waals surface area contributed by atoms with E-state index in [1.807, 2.05) is 24.3 Å². The Morgan fingerprint density at radius 3 is 2.57 bits per heavy atom. The monoisotopic (exact) mass is 443 g/mol. The molecule has 0 spiro atoms. The fraction of sp³-hybridized carbons (Fsp3) is 0.435. The van der Waals surface area contributed by atoms with Crippen molar-refractivity contribution in [3.63, 3.8) is 0 Å². The Morgan fingerprint density at radius 2 is 1.77 bits per heavy atom. The first-order valence-electron chi connectivity index (χ1n) is 10.6. The molecule has 2 aromatic heterocycles. The van der Waals surface area contributed by atoms with Crippen LogP contribution in [0, 0.1) is 0 Å². The molecule has 30 heavy (non-hydrogen) atoms. The lowest BCUT2D eigenvalue weighted by Crippen LogP contribution is -2.20. The maximum absolute atomic E-state index is 12.4. The van der Waals surface area contributed by atoms with Crippen molar-refractivity contribution >= 4 is 51.4 Å². The summed E-state index contributed by atoms with van der Waals surface area (Å²) in [4.78, 5) is 23.9. The lowest BCUT2D eigenvalue weighted by atomic mass is 9.97. The Balaban J connectivity index is 0.00000218. The van der Waals surface area contributed by atoms with Crippen molar-refractivity contribution in [1.29, 1.82) is 0 Å². The highest BCUT2D eigenvalue weighted by molar-refractivity contribution is 7.19. The molecule has 2 aliphatic carbocycles. The number of fused-ring (bicyclic) bond motifs is 3. The summed E-state index contributed by atoms with van der Waals surface area (Å²) < 4.78 is 5.67. The summed E-state index contributed by atoms with van der Waals surface area (Å²) in [6.45, 7) is 0. The van der Waals surface area contributed by atoms with Gasteiger partial charge in [-0.2, -0.15) is 0 Å². The standard InChI is InChI=1S/C23H25N3O2S.ClH/c27-23(28-17-6-2-1-3-7-17)15-10-12-16(13-11-15)26-21-20-18-8-4-5-9-19(18)29-22(20)25-14-24-21;/h10-14,17H,1-9H2,(H,24,25,26);1H. The van der Waals surface area contributed by atoms with Crippen LogP contribution in [0.25, 0.3) is 10.2 Å². The average molecular weight is 444 g/mol. The number of aromatic nitrogens is 2. The zero-order valence-corrected chi connectivity index (χ0v) is 18.5. The number of nitrogens with one attached hydrogen (secondary N) is 1. The number of esters is 1. The Kier molecular flexibility index (Phi) is 6.54. The van der Waals surface area contributed by atoms with E-state index in [1.165, 1.54) is 29.7 Å². The largest absolute Gasteiger partial charge is 0.459 e. The highest BCUT2D eigenvalue weighted by Crippen LogP contribution is 2.38. The van der Waals surface area contributed by atoms with Crippen molar-refractivity contribution in [2.75, 3.05) is 5.32 Å². The van der Waals surface area contributed by atoms with E-state index in [4.69, 9.17) is 4.74 Å². The molecule has 5 rings (SSSR count). The molecule has 0 radical (unpaired) electrons. The number of thiophene rings is 1. The number of ether oxygens (including phenoxy) is 1. The molecule has 0 saturated heterocycles. The molecule has 0 amide bonds. The molecule has 7 heteroatoms. The van der Waals surface area contributed by atoms with Crippen LogP contribution in [0.1, 0.15) is 65.7 Å². The number of benzene rings is 1. The minimum absolute atomic E-state index is 0. The number of anilines is 2. The number of hydrogen-bond donors (Lipinski definition) is 1. The molecular weight excluding hydrogens is 418 g/mol. The molecule has 0 aliphatic heterocycles. The van der Waals surface area contributed by atoms with E-state index in [0.29, 0.717) is 5.56 Å². The van der Waals surface area contributed by atoms with Crippen LogP contribution in [-0.4, -0.2) is 22.0 Å². The van der Waals surface area contributed by atoms with Gasteiger partial charge in [-0.25, -0.2) is 14.8 Å². The van der Waals surface area contributed by atoms with Gasteiger partial charge in [-0.1, -0.05) is 6.42 Å². The van der Waals surface area contributed by atoms with Gasteiger partial charge in [0.05, 0.1) is 10.9 Å². The van der Waals surface area contributed by atoms with Gasteiger partial charge in [-0.05, 0) is 81.2 Å². The highest BCUT2D eigenvalue weighted by Gasteiger charge is 2.21. The van der Waals surface area contributed by atoms with Crippen molar-refractivity contribution in [3.8, 4) is 0 Å². The number of halogens is 1. The third kappa shape index (κ3) is 4.30. The minimum Gasteiger partial charge on any atom is -0.459 e. The van der Waals surface area contributed by atoms with E-state index < -0.39 is 0 Å². The maximum Gasteiger partial charge on any atom is 0.338 e. The quantitative estimate of drug-likeness (QED) is 0.484. The van der Waals surface area contributed by atoms with E-state index in [9.17, 15) is 4.79 Å². The Labute approximate surface area is 186 Å². The smallest absolute Gasteiger partial charge is 0.338 e.